The fourth-order valence-corrected chi connectivity index (χ4v) is 2.99. The number of nitrogens with zero attached hydrogens (tertiary/aromatic N) is 4. The lowest BCUT2D eigenvalue weighted by Gasteiger charge is -2.28. The number of hydrogen-bond donors (Lipinski definition) is 0. The van der Waals surface area contributed by atoms with E-state index in [-0.39, 0.29) is 6.09 Å². The van der Waals surface area contributed by atoms with Gasteiger partial charge in [0.15, 0.2) is 5.82 Å². The van der Waals surface area contributed by atoms with Crippen LogP contribution < -0.4 is 4.90 Å². The Kier molecular flexibility index (Phi) is 3.56. The second-order valence-corrected chi connectivity index (χ2v) is 5.56. The lowest BCUT2D eigenvalue weighted by molar-refractivity contribution is 0.181. The molecule has 3 rings (SSSR count). The van der Waals surface area contributed by atoms with Crippen LogP contribution in [0.15, 0.2) is 12.4 Å². The van der Waals surface area contributed by atoms with Crippen molar-refractivity contribution in [1.29, 1.82) is 0 Å². The van der Waals surface area contributed by atoms with Crippen LogP contribution in [0.1, 0.15) is 38.4 Å². The molecule has 0 spiro atoms. The molecule has 1 aromatic rings. The SMILES string of the molecule is CC(C)N1CCC[C@H]1c1cncc(N2CCOC2=O)n1. The van der Waals surface area contributed by atoms with Gasteiger partial charge < -0.3 is 4.74 Å². The first kappa shape index (κ1) is 13.3. The fourth-order valence-electron chi connectivity index (χ4n) is 2.99. The molecule has 1 aromatic heterocycles. The molecular weight excluding hydrogens is 256 g/mol. The van der Waals surface area contributed by atoms with Crippen LogP contribution in [0.5, 0.6) is 0 Å². The maximum absolute atomic E-state index is 11.6. The molecule has 0 N–H and O–H groups in total. The van der Waals surface area contributed by atoms with Gasteiger partial charge in [-0.05, 0) is 33.2 Å². The van der Waals surface area contributed by atoms with Gasteiger partial charge in [0, 0.05) is 6.04 Å². The average Bonchev–Trinajstić information content (AvgIpc) is 3.07. The zero-order valence-electron chi connectivity index (χ0n) is 12.0. The molecule has 0 bridgehead atoms. The summed E-state index contributed by atoms with van der Waals surface area (Å²) in [5, 5.41) is 0. The number of hydrogen-bond acceptors (Lipinski definition) is 5. The second-order valence-electron chi connectivity index (χ2n) is 5.56. The molecule has 1 atom stereocenters. The third-order valence-corrected chi connectivity index (χ3v) is 3.98. The molecule has 2 aliphatic rings. The highest BCUT2D eigenvalue weighted by Gasteiger charge is 2.31. The first-order valence-corrected chi connectivity index (χ1v) is 7.19. The molecule has 2 fully saturated rings. The van der Waals surface area contributed by atoms with E-state index < -0.39 is 0 Å². The lowest BCUT2D eigenvalue weighted by atomic mass is 10.1. The van der Waals surface area contributed by atoms with Crippen molar-refractivity contribution < 1.29 is 9.53 Å². The van der Waals surface area contributed by atoms with Crippen molar-refractivity contribution in [3.8, 4) is 0 Å². The number of aromatic nitrogens is 2. The number of carbonyl (C=O) groups excluding carboxylic acids is 1. The van der Waals surface area contributed by atoms with Gasteiger partial charge in [0.1, 0.15) is 6.61 Å². The smallest absolute Gasteiger partial charge is 0.415 e. The van der Waals surface area contributed by atoms with Gasteiger partial charge in [-0.2, -0.15) is 0 Å². The third kappa shape index (κ3) is 2.35. The Hall–Kier alpha value is -1.69. The summed E-state index contributed by atoms with van der Waals surface area (Å²) in [6, 6.07) is 0.797. The standard InChI is InChI=1S/C14H20N4O2/c1-10(2)17-5-3-4-12(17)11-8-15-9-13(16-11)18-6-7-20-14(18)19/h8-10,12H,3-7H2,1-2H3/t12-/m0/s1. The van der Waals surface area contributed by atoms with E-state index in [9.17, 15) is 4.79 Å². The van der Waals surface area contributed by atoms with Crippen molar-refractivity contribution in [3.05, 3.63) is 18.1 Å². The third-order valence-electron chi connectivity index (χ3n) is 3.98. The molecule has 0 aliphatic carbocycles. The topological polar surface area (TPSA) is 58.6 Å². The Balaban J connectivity index is 1.85. The van der Waals surface area contributed by atoms with Crippen molar-refractivity contribution in [2.75, 3.05) is 24.6 Å². The van der Waals surface area contributed by atoms with Gasteiger partial charge in [-0.15, -0.1) is 0 Å². The van der Waals surface area contributed by atoms with E-state index in [0.717, 1.165) is 18.7 Å². The Labute approximate surface area is 118 Å². The second kappa shape index (κ2) is 5.36. The Bertz CT molecular complexity index is 506. The molecule has 1 amide bonds. The summed E-state index contributed by atoms with van der Waals surface area (Å²) in [5.41, 5.74) is 0.952. The van der Waals surface area contributed by atoms with Crippen LogP contribution in [0.2, 0.25) is 0 Å². The molecule has 3 heterocycles. The minimum Gasteiger partial charge on any atom is -0.447 e. The first-order chi connectivity index (χ1) is 9.66. The van der Waals surface area contributed by atoms with Crippen molar-refractivity contribution in [2.45, 2.75) is 38.8 Å². The minimum absolute atomic E-state index is 0.307. The summed E-state index contributed by atoms with van der Waals surface area (Å²) in [5.74, 6) is 0.598. The summed E-state index contributed by atoms with van der Waals surface area (Å²) in [6.45, 7) is 6.47. The maximum Gasteiger partial charge on any atom is 0.415 e. The van der Waals surface area contributed by atoms with Crippen LogP contribution in [-0.4, -0.2) is 46.7 Å². The summed E-state index contributed by atoms with van der Waals surface area (Å²) in [7, 11) is 0. The number of ether oxygens (including phenoxy) is 1. The van der Waals surface area contributed by atoms with E-state index in [1.807, 2.05) is 6.20 Å². The fraction of sp³-hybridized carbons (Fsp3) is 0.643. The zero-order chi connectivity index (χ0) is 14.1. The summed E-state index contributed by atoms with van der Waals surface area (Å²) < 4.78 is 4.95. The van der Waals surface area contributed by atoms with Gasteiger partial charge in [0.2, 0.25) is 0 Å². The number of cyclic esters (lactones) is 1. The molecule has 6 nitrogen and oxygen atoms in total. The molecule has 20 heavy (non-hydrogen) atoms. The number of amides is 1. The van der Waals surface area contributed by atoms with Crippen molar-refractivity contribution in [1.82, 2.24) is 14.9 Å². The van der Waals surface area contributed by atoms with Gasteiger partial charge >= 0.3 is 6.09 Å². The highest BCUT2D eigenvalue weighted by Crippen LogP contribution is 2.32. The van der Waals surface area contributed by atoms with E-state index in [4.69, 9.17) is 4.74 Å². The molecule has 108 valence electrons. The van der Waals surface area contributed by atoms with E-state index in [2.05, 4.69) is 28.7 Å². The highest BCUT2D eigenvalue weighted by atomic mass is 16.6. The lowest BCUT2D eigenvalue weighted by Crippen LogP contribution is -2.31. The van der Waals surface area contributed by atoms with Gasteiger partial charge in [0.05, 0.1) is 30.7 Å². The maximum atomic E-state index is 11.6. The van der Waals surface area contributed by atoms with Crippen molar-refractivity contribution in [3.63, 3.8) is 0 Å². The van der Waals surface area contributed by atoms with Crippen LogP contribution in [0.4, 0.5) is 10.6 Å². The number of likely N-dealkylation sites (tertiary alicyclic amines) is 1. The predicted octanol–water partition coefficient (Wildman–Crippen LogP) is 1.98. The summed E-state index contributed by atoms with van der Waals surface area (Å²) in [6.07, 6.45) is 5.39. The molecule has 0 saturated carbocycles. The normalized spacial score (nSPS) is 23.6. The Morgan fingerprint density at radius 3 is 2.90 bits per heavy atom. The van der Waals surface area contributed by atoms with Crippen molar-refractivity contribution in [2.24, 2.45) is 0 Å². The molecule has 0 radical (unpaired) electrons. The average molecular weight is 276 g/mol. The molecule has 2 aliphatic heterocycles. The van der Waals surface area contributed by atoms with Gasteiger partial charge in [-0.3, -0.25) is 14.8 Å². The minimum atomic E-state index is -0.330. The van der Waals surface area contributed by atoms with Gasteiger partial charge in [-0.25, -0.2) is 9.78 Å². The largest absolute Gasteiger partial charge is 0.447 e. The van der Waals surface area contributed by atoms with Gasteiger partial charge in [0.25, 0.3) is 0 Å². The summed E-state index contributed by atoms with van der Waals surface area (Å²) >= 11 is 0. The highest BCUT2D eigenvalue weighted by molar-refractivity contribution is 5.87. The molecule has 0 unspecified atom stereocenters. The Morgan fingerprint density at radius 2 is 2.20 bits per heavy atom. The van der Waals surface area contributed by atoms with E-state index in [1.54, 1.807) is 11.1 Å². The van der Waals surface area contributed by atoms with Crippen LogP contribution >= 0.6 is 0 Å². The van der Waals surface area contributed by atoms with Crippen LogP contribution in [0.25, 0.3) is 0 Å². The van der Waals surface area contributed by atoms with Gasteiger partial charge in [-0.1, -0.05) is 0 Å². The molecular formula is C14H20N4O2. The van der Waals surface area contributed by atoms with E-state index in [1.165, 1.54) is 6.42 Å². The molecule has 6 heteroatoms. The van der Waals surface area contributed by atoms with E-state index in [0.29, 0.717) is 31.1 Å². The number of rotatable bonds is 3. The zero-order valence-corrected chi connectivity index (χ0v) is 12.0. The first-order valence-electron chi connectivity index (χ1n) is 7.19. The number of anilines is 1. The summed E-state index contributed by atoms with van der Waals surface area (Å²) in [4.78, 5) is 24.5. The predicted molar refractivity (Wildman–Crippen MR) is 74.5 cm³/mol. The van der Waals surface area contributed by atoms with E-state index >= 15 is 0 Å². The van der Waals surface area contributed by atoms with Crippen LogP contribution in [-0.2, 0) is 4.74 Å². The van der Waals surface area contributed by atoms with Crippen molar-refractivity contribution >= 4 is 11.9 Å². The van der Waals surface area contributed by atoms with Crippen LogP contribution in [0.3, 0.4) is 0 Å². The quantitative estimate of drug-likeness (QED) is 0.845. The molecule has 0 aromatic carbocycles. The monoisotopic (exact) mass is 276 g/mol. The Morgan fingerprint density at radius 1 is 1.35 bits per heavy atom. The number of carbonyl (C=O) groups is 1. The van der Waals surface area contributed by atoms with Crippen LogP contribution in [0, 0.1) is 0 Å². The molecule has 2 saturated heterocycles.